The van der Waals surface area contributed by atoms with Crippen LogP contribution >= 0.6 is 0 Å². The van der Waals surface area contributed by atoms with Gasteiger partial charge in [0.25, 0.3) is 0 Å². The van der Waals surface area contributed by atoms with Gasteiger partial charge in [-0.1, -0.05) is 103 Å². The van der Waals surface area contributed by atoms with Gasteiger partial charge in [0.05, 0.1) is 17.1 Å². The molecule has 0 fully saturated rings. The van der Waals surface area contributed by atoms with Crippen molar-refractivity contribution in [2.75, 3.05) is 0 Å². The lowest BCUT2D eigenvalue weighted by molar-refractivity contribution is 0.986. The van der Waals surface area contributed by atoms with Crippen LogP contribution in [0.2, 0.25) is 0 Å². The Morgan fingerprint density at radius 3 is 1.71 bits per heavy atom. The van der Waals surface area contributed by atoms with E-state index in [1.165, 1.54) is 16.7 Å². The highest BCUT2D eigenvalue weighted by Gasteiger charge is 2.15. The summed E-state index contributed by atoms with van der Waals surface area (Å²) in [5.41, 5.74) is 15.0. The van der Waals surface area contributed by atoms with Crippen molar-refractivity contribution in [3.63, 3.8) is 0 Å². The van der Waals surface area contributed by atoms with E-state index in [9.17, 15) is 0 Å². The fourth-order valence-electron chi connectivity index (χ4n) is 6.51. The van der Waals surface area contributed by atoms with Gasteiger partial charge in [0.15, 0.2) is 5.82 Å². The topological polar surface area (TPSA) is 51.6 Å². The Kier molecular flexibility index (Phi) is 7.75. The van der Waals surface area contributed by atoms with Gasteiger partial charge < -0.3 is 0 Å². The molecular weight excluding hydrogens is 585 g/mol. The molecule has 2 aromatic heterocycles. The van der Waals surface area contributed by atoms with Gasteiger partial charge in [-0.05, 0) is 103 Å². The summed E-state index contributed by atoms with van der Waals surface area (Å²) in [5.74, 6) is 1.46. The molecule has 8 rings (SSSR count). The summed E-state index contributed by atoms with van der Waals surface area (Å²) in [7, 11) is 0. The van der Waals surface area contributed by atoms with Crippen molar-refractivity contribution >= 4 is 6.08 Å². The van der Waals surface area contributed by atoms with E-state index in [1.807, 2.05) is 32.0 Å². The number of allylic oxidation sites excluding steroid dienone is 1. The minimum atomic E-state index is 0.689. The molecule has 0 saturated heterocycles. The third-order valence-corrected chi connectivity index (χ3v) is 8.87. The smallest absolute Gasteiger partial charge is 0.160 e. The van der Waals surface area contributed by atoms with Gasteiger partial charge in [-0.15, -0.1) is 0 Å². The van der Waals surface area contributed by atoms with E-state index in [4.69, 9.17) is 15.0 Å². The van der Waals surface area contributed by atoms with Crippen LogP contribution in [0.4, 0.5) is 0 Å². The normalized spacial score (nSPS) is 12.1. The van der Waals surface area contributed by atoms with Gasteiger partial charge in [0.1, 0.15) is 5.82 Å². The molecule has 5 aromatic carbocycles. The van der Waals surface area contributed by atoms with Crippen LogP contribution in [0.5, 0.6) is 0 Å². The van der Waals surface area contributed by atoms with Gasteiger partial charge in [-0.2, -0.15) is 0 Å². The van der Waals surface area contributed by atoms with Crippen LogP contribution in [-0.4, -0.2) is 19.9 Å². The molecule has 0 N–H and O–H groups in total. The monoisotopic (exact) mass is 618 g/mol. The molecule has 0 saturated carbocycles. The van der Waals surface area contributed by atoms with Crippen molar-refractivity contribution in [2.24, 2.45) is 0 Å². The second kappa shape index (κ2) is 12.7. The molecule has 7 aromatic rings. The number of aryl methyl sites for hydroxylation is 3. The zero-order valence-corrected chi connectivity index (χ0v) is 27.1. The molecule has 230 valence electrons. The second-order valence-electron chi connectivity index (χ2n) is 12.4. The van der Waals surface area contributed by atoms with Crippen molar-refractivity contribution < 1.29 is 0 Å². The summed E-state index contributed by atoms with van der Waals surface area (Å²) < 4.78 is 0. The third kappa shape index (κ3) is 6.08. The maximum atomic E-state index is 5.18. The Morgan fingerprint density at radius 1 is 0.438 bits per heavy atom. The Hall–Kier alpha value is -6.00. The van der Waals surface area contributed by atoms with Crippen molar-refractivity contribution in [3.8, 4) is 67.4 Å². The maximum absolute atomic E-state index is 5.18. The summed E-state index contributed by atoms with van der Waals surface area (Å²) >= 11 is 0. The average molecular weight is 619 g/mol. The van der Waals surface area contributed by atoms with Gasteiger partial charge in [-0.25, -0.2) is 19.9 Å². The fraction of sp³-hybridized carbons (Fsp3) is 0.0909. The van der Waals surface area contributed by atoms with E-state index >= 15 is 0 Å². The van der Waals surface area contributed by atoms with Crippen molar-refractivity contribution in [1.29, 1.82) is 0 Å². The highest BCUT2D eigenvalue weighted by Crippen LogP contribution is 2.36. The van der Waals surface area contributed by atoms with Crippen LogP contribution < -0.4 is 0 Å². The van der Waals surface area contributed by atoms with E-state index in [0.29, 0.717) is 5.82 Å². The first kappa shape index (κ1) is 29.4. The molecule has 0 spiro atoms. The summed E-state index contributed by atoms with van der Waals surface area (Å²) in [4.78, 5) is 19.6. The highest BCUT2D eigenvalue weighted by atomic mass is 14.9. The van der Waals surface area contributed by atoms with Gasteiger partial charge >= 0.3 is 0 Å². The quantitative estimate of drug-likeness (QED) is 0.186. The molecule has 0 atom stereocenters. The average Bonchev–Trinajstić information content (AvgIpc) is 3.14. The first-order valence-corrected chi connectivity index (χ1v) is 16.4. The fourth-order valence-corrected chi connectivity index (χ4v) is 6.51. The number of rotatable bonds is 6. The van der Waals surface area contributed by atoms with Crippen molar-refractivity contribution in [2.45, 2.75) is 26.7 Å². The minimum Gasteiger partial charge on any atom is -0.239 e. The van der Waals surface area contributed by atoms with Crippen LogP contribution in [0.1, 0.15) is 29.1 Å². The number of nitrogens with zero attached hydrogens (tertiary/aromatic N) is 4. The van der Waals surface area contributed by atoms with Crippen LogP contribution in [0.25, 0.3) is 73.5 Å². The van der Waals surface area contributed by atoms with Crippen molar-refractivity contribution in [1.82, 2.24) is 19.9 Å². The number of hydrogen-bond acceptors (Lipinski definition) is 4. The SMILES string of the molecule is Cc1cc(-c2cccc(-c3cc(-c4ccc5c(c4)C=CCC5)cc(-c4nc(-c5ccccc5)cc(-c5ccccc5)n4)c3)c2)nc(C)n1. The van der Waals surface area contributed by atoms with E-state index in [0.717, 1.165) is 80.4 Å². The number of benzene rings is 5. The first-order valence-electron chi connectivity index (χ1n) is 16.4. The predicted molar refractivity (Wildman–Crippen MR) is 197 cm³/mol. The molecule has 4 heteroatoms. The number of hydrogen-bond donors (Lipinski definition) is 0. The van der Waals surface area contributed by atoms with Crippen LogP contribution in [-0.2, 0) is 6.42 Å². The van der Waals surface area contributed by atoms with Crippen molar-refractivity contribution in [3.05, 3.63) is 162 Å². The molecule has 0 radical (unpaired) electrons. The van der Waals surface area contributed by atoms with E-state index in [-0.39, 0.29) is 0 Å². The lowest BCUT2D eigenvalue weighted by Gasteiger charge is -2.15. The Bertz CT molecular complexity index is 2230. The molecule has 1 aliphatic rings. The second-order valence-corrected chi connectivity index (χ2v) is 12.4. The van der Waals surface area contributed by atoms with Gasteiger partial charge in [0, 0.05) is 27.9 Å². The molecule has 0 unspecified atom stereocenters. The first-order chi connectivity index (χ1) is 23.6. The zero-order chi connectivity index (χ0) is 32.5. The van der Waals surface area contributed by atoms with E-state index in [2.05, 4.69) is 132 Å². The lowest BCUT2D eigenvalue weighted by Crippen LogP contribution is -1.97. The number of aromatic nitrogens is 4. The minimum absolute atomic E-state index is 0.689. The molecule has 0 amide bonds. The maximum Gasteiger partial charge on any atom is 0.160 e. The molecule has 48 heavy (non-hydrogen) atoms. The summed E-state index contributed by atoms with van der Waals surface area (Å²) in [6, 6.07) is 47.0. The summed E-state index contributed by atoms with van der Waals surface area (Å²) in [6.45, 7) is 3.95. The Balaban J connectivity index is 1.33. The van der Waals surface area contributed by atoms with E-state index < -0.39 is 0 Å². The summed E-state index contributed by atoms with van der Waals surface area (Å²) in [5, 5.41) is 0. The van der Waals surface area contributed by atoms with Crippen LogP contribution in [0.15, 0.2) is 140 Å². The van der Waals surface area contributed by atoms with Crippen LogP contribution in [0.3, 0.4) is 0 Å². The Labute approximate surface area is 281 Å². The highest BCUT2D eigenvalue weighted by molar-refractivity contribution is 5.83. The zero-order valence-electron chi connectivity index (χ0n) is 27.1. The molecule has 0 aliphatic heterocycles. The third-order valence-electron chi connectivity index (χ3n) is 8.87. The molecule has 4 nitrogen and oxygen atoms in total. The lowest BCUT2D eigenvalue weighted by atomic mass is 9.91. The van der Waals surface area contributed by atoms with E-state index in [1.54, 1.807) is 0 Å². The van der Waals surface area contributed by atoms with Gasteiger partial charge in [-0.3, -0.25) is 0 Å². The predicted octanol–water partition coefficient (Wildman–Crippen LogP) is 10.8. The molecular formula is C44H34N4. The molecule has 2 heterocycles. The Morgan fingerprint density at radius 2 is 1.02 bits per heavy atom. The largest absolute Gasteiger partial charge is 0.239 e. The molecule has 1 aliphatic carbocycles. The standard InChI is InChI=1S/C44H34N4/c1-29-22-41(46-30(2)45-29)37-19-11-18-35(24-37)38-25-39(36-21-20-31-12-9-10-17-34(31)23-36)27-40(26-38)44-47-42(32-13-5-3-6-14-32)28-43(48-44)33-15-7-4-8-16-33/h3-8,10-11,13-28H,9,12H2,1-2H3. The molecule has 0 bridgehead atoms. The number of fused-ring (bicyclic) bond motifs is 1. The van der Waals surface area contributed by atoms with Crippen LogP contribution in [0, 0.1) is 13.8 Å². The van der Waals surface area contributed by atoms with Gasteiger partial charge in [0.2, 0.25) is 0 Å². The summed E-state index contributed by atoms with van der Waals surface area (Å²) in [6.07, 6.45) is 6.69.